The second-order valence-electron chi connectivity index (χ2n) is 4.23. The lowest BCUT2D eigenvalue weighted by Gasteiger charge is -2.22. The van der Waals surface area contributed by atoms with Gasteiger partial charge in [-0.05, 0) is 18.1 Å². The summed E-state index contributed by atoms with van der Waals surface area (Å²) < 4.78 is 0. The monoisotopic (exact) mass is 217 g/mol. The molecular weight excluding hydrogens is 198 g/mol. The van der Waals surface area contributed by atoms with Crippen molar-refractivity contribution in [3.8, 4) is 0 Å². The highest BCUT2D eigenvalue weighted by Crippen LogP contribution is 2.16. The zero-order valence-corrected chi connectivity index (χ0v) is 10.0. The number of carbonyl (C=O) groups excluding carboxylic acids is 1. The molecular formula is C14H19NO. The van der Waals surface area contributed by atoms with E-state index in [-0.39, 0.29) is 5.91 Å². The van der Waals surface area contributed by atoms with Crippen molar-refractivity contribution >= 4 is 11.6 Å². The summed E-state index contributed by atoms with van der Waals surface area (Å²) in [5.74, 6) is 0.532. The number of rotatable bonds is 5. The first-order valence-corrected chi connectivity index (χ1v) is 5.61. The molecule has 0 heterocycles. The minimum atomic E-state index is 0.154. The van der Waals surface area contributed by atoms with Crippen LogP contribution in [0.3, 0.4) is 0 Å². The number of hydrogen-bond donors (Lipinski definition) is 0. The molecule has 0 aliphatic rings. The molecule has 1 aromatic rings. The molecule has 0 atom stereocenters. The first-order valence-electron chi connectivity index (χ1n) is 5.61. The summed E-state index contributed by atoms with van der Waals surface area (Å²) >= 11 is 0. The number of anilines is 1. The molecule has 0 aliphatic heterocycles. The predicted octanol–water partition coefficient (Wildman–Crippen LogP) is 3.25. The Morgan fingerprint density at radius 1 is 1.38 bits per heavy atom. The Bertz CT molecular complexity index is 343. The fraction of sp³-hybridized carbons (Fsp3) is 0.357. The Kier molecular flexibility index (Phi) is 4.77. The number of para-hydroxylation sites is 1. The Morgan fingerprint density at radius 2 is 2.00 bits per heavy atom. The molecule has 0 saturated carbocycles. The van der Waals surface area contributed by atoms with Gasteiger partial charge in [0, 0.05) is 18.7 Å². The van der Waals surface area contributed by atoms with Crippen LogP contribution >= 0.6 is 0 Å². The maximum Gasteiger partial charge on any atom is 0.227 e. The molecule has 0 aromatic heterocycles. The number of nitrogens with zero attached hydrogens (tertiary/aromatic N) is 1. The summed E-state index contributed by atoms with van der Waals surface area (Å²) in [5.41, 5.74) is 0.938. The van der Waals surface area contributed by atoms with Gasteiger partial charge in [-0.1, -0.05) is 38.1 Å². The molecule has 0 unspecified atom stereocenters. The van der Waals surface area contributed by atoms with Gasteiger partial charge < -0.3 is 4.90 Å². The summed E-state index contributed by atoms with van der Waals surface area (Å²) in [7, 11) is 0. The molecule has 0 N–H and O–H groups in total. The average Bonchev–Trinajstić information content (AvgIpc) is 2.26. The molecule has 0 aliphatic carbocycles. The zero-order valence-electron chi connectivity index (χ0n) is 10.0. The highest BCUT2D eigenvalue weighted by Gasteiger charge is 2.14. The van der Waals surface area contributed by atoms with E-state index in [1.807, 2.05) is 30.3 Å². The first kappa shape index (κ1) is 12.5. The van der Waals surface area contributed by atoms with Crippen molar-refractivity contribution < 1.29 is 4.79 Å². The number of hydrogen-bond acceptors (Lipinski definition) is 1. The molecule has 86 valence electrons. The lowest BCUT2D eigenvalue weighted by atomic mass is 10.1. The highest BCUT2D eigenvalue weighted by molar-refractivity contribution is 5.93. The van der Waals surface area contributed by atoms with Gasteiger partial charge in [-0.25, -0.2) is 0 Å². The van der Waals surface area contributed by atoms with Gasteiger partial charge in [-0.15, -0.1) is 6.58 Å². The lowest BCUT2D eigenvalue weighted by molar-refractivity contribution is -0.119. The van der Waals surface area contributed by atoms with E-state index in [1.54, 1.807) is 11.0 Å². The van der Waals surface area contributed by atoms with Crippen molar-refractivity contribution in [1.29, 1.82) is 0 Å². The van der Waals surface area contributed by atoms with Crippen molar-refractivity contribution in [3.63, 3.8) is 0 Å². The van der Waals surface area contributed by atoms with Crippen molar-refractivity contribution in [1.82, 2.24) is 0 Å². The van der Waals surface area contributed by atoms with Gasteiger partial charge in [0.25, 0.3) is 0 Å². The van der Waals surface area contributed by atoms with Crippen LogP contribution in [0.25, 0.3) is 0 Å². The van der Waals surface area contributed by atoms with E-state index in [1.165, 1.54) is 0 Å². The molecule has 0 radical (unpaired) electrons. The Labute approximate surface area is 97.6 Å². The van der Waals surface area contributed by atoms with E-state index in [0.717, 1.165) is 5.69 Å². The van der Waals surface area contributed by atoms with Crippen LogP contribution in [-0.4, -0.2) is 12.5 Å². The molecule has 1 amide bonds. The third kappa shape index (κ3) is 3.54. The van der Waals surface area contributed by atoms with Gasteiger partial charge in [0.05, 0.1) is 0 Å². The van der Waals surface area contributed by atoms with Gasteiger partial charge in [0.15, 0.2) is 0 Å². The summed E-state index contributed by atoms with van der Waals surface area (Å²) in [6.07, 6.45) is 2.33. The van der Waals surface area contributed by atoms with Gasteiger partial charge in [-0.2, -0.15) is 0 Å². The largest absolute Gasteiger partial charge is 0.309 e. The van der Waals surface area contributed by atoms with Crippen molar-refractivity contribution in [2.75, 3.05) is 11.4 Å². The molecule has 2 nitrogen and oxygen atoms in total. The van der Waals surface area contributed by atoms with Crippen LogP contribution in [-0.2, 0) is 4.79 Å². The smallest absolute Gasteiger partial charge is 0.227 e. The van der Waals surface area contributed by atoms with Crippen LogP contribution in [0.4, 0.5) is 5.69 Å². The second-order valence-corrected chi connectivity index (χ2v) is 4.23. The number of carbonyl (C=O) groups is 1. The van der Waals surface area contributed by atoms with E-state index < -0.39 is 0 Å². The van der Waals surface area contributed by atoms with E-state index in [4.69, 9.17) is 0 Å². The summed E-state index contributed by atoms with van der Waals surface area (Å²) in [6, 6.07) is 9.72. The summed E-state index contributed by atoms with van der Waals surface area (Å²) in [4.78, 5) is 13.8. The molecule has 1 aromatic carbocycles. The van der Waals surface area contributed by atoms with Crippen molar-refractivity contribution in [2.24, 2.45) is 5.92 Å². The fourth-order valence-electron chi connectivity index (χ4n) is 1.55. The fourth-order valence-corrected chi connectivity index (χ4v) is 1.55. The van der Waals surface area contributed by atoms with Crippen LogP contribution in [0.1, 0.15) is 20.3 Å². The van der Waals surface area contributed by atoms with Crippen LogP contribution in [0.15, 0.2) is 43.0 Å². The standard InChI is InChI=1S/C14H19NO/c1-4-10-15(14(16)11-12(2)3)13-8-6-5-7-9-13/h4-9,12H,1,10-11H2,2-3H3. The molecule has 1 rings (SSSR count). The second kappa shape index (κ2) is 6.11. The van der Waals surface area contributed by atoms with Crippen LogP contribution < -0.4 is 4.90 Å². The van der Waals surface area contributed by atoms with Crippen molar-refractivity contribution in [2.45, 2.75) is 20.3 Å². The van der Waals surface area contributed by atoms with Gasteiger partial charge in [-0.3, -0.25) is 4.79 Å². The molecule has 0 fully saturated rings. The maximum absolute atomic E-state index is 12.0. The minimum absolute atomic E-state index is 0.154. The Hall–Kier alpha value is -1.57. The van der Waals surface area contributed by atoms with Crippen molar-refractivity contribution in [3.05, 3.63) is 43.0 Å². The minimum Gasteiger partial charge on any atom is -0.309 e. The maximum atomic E-state index is 12.0. The molecule has 2 heteroatoms. The third-order valence-corrected chi connectivity index (χ3v) is 2.26. The van der Waals surface area contributed by atoms with Crippen LogP contribution in [0.5, 0.6) is 0 Å². The molecule has 0 spiro atoms. The number of benzene rings is 1. The lowest BCUT2D eigenvalue weighted by Crippen LogP contribution is -2.31. The van der Waals surface area contributed by atoms with E-state index in [0.29, 0.717) is 18.9 Å². The Balaban J connectivity index is 2.82. The first-order chi connectivity index (χ1) is 7.65. The summed E-state index contributed by atoms with van der Waals surface area (Å²) in [5, 5.41) is 0. The SMILES string of the molecule is C=CCN(C(=O)CC(C)C)c1ccccc1. The van der Waals surface area contributed by atoms with Gasteiger partial charge in [0.1, 0.15) is 0 Å². The molecule has 0 bridgehead atoms. The van der Waals surface area contributed by atoms with E-state index in [2.05, 4.69) is 20.4 Å². The van der Waals surface area contributed by atoms with E-state index in [9.17, 15) is 4.79 Å². The molecule has 0 saturated heterocycles. The predicted molar refractivity (Wildman–Crippen MR) is 68.4 cm³/mol. The number of amides is 1. The molecule has 16 heavy (non-hydrogen) atoms. The quantitative estimate of drug-likeness (QED) is 0.693. The van der Waals surface area contributed by atoms with Gasteiger partial charge in [0.2, 0.25) is 5.91 Å². The third-order valence-electron chi connectivity index (χ3n) is 2.26. The topological polar surface area (TPSA) is 20.3 Å². The normalized spacial score (nSPS) is 10.2. The zero-order chi connectivity index (χ0) is 12.0. The Morgan fingerprint density at radius 3 is 2.50 bits per heavy atom. The van der Waals surface area contributed by atoms with Crippen LogP contribution in [0.2, 0.25) is 0 Å². The van der Waals surface area contributed by atoms with Crippen LogP contribution in [0, 0.1) is 5.92 Å². The summed E-state index contributed by atoms with van der Waals surface area (Å²) in [6.45, 7) is 8.36. The van der Waals surface area contributed by atoms with E-state index >= 15 is 0 Å². The average molecular weight is 217 g/mol. The van der Waals surface area contributed by atoms with Gasteiger partial charge >= 0.3 is 0 Å². The highest BCUT2D eigenvalue weighted by atomic mass is 16.2.